The minimum atomic E-state index is -4.78. The van der Waals surface area contributed by atoms with Gasteiger partial charge in [-0.25, -0.2) is 4.39 Å². The van der Waals surface area contributed by atoms with E-state index in [0.717, 1.165) is 12.1 Å². The first kappa shape index (κ1) is 17.4. The molecule has 0 heterocycles. The lowest BCUT2D eigenvalue weighted by molar-refractivity contribution is -0.141. The van der Waals surface area contributed by atoms with Crippen LogP contribution >= 0.6 is 0 Å². The fraction of sp³-hybridized carbons (Fsp3) is 0.500. The molecule has 0 fully saturated rings. The van der Waals surface area contributed by atoms with E-state index in [2.05, 4.69) is 0 Å². The number of alkyl halides is 3. The first-order chi connectivity index (χ1) is 9.41. The van der Waals surface area contributed by atoms with E-state index in [1.807, 2.05) is 0 Å². The Morgan fingerprint density at radius 3 is 2.24 bits per heavy atom. The number of nitrogens with zero attached hydrogens (tertiary/aromatic N) is 1. The number of halogens is 4. The summed E-state index contributed by atoms with van der Waals surface area (Å²) in [7, 11) is 0. The maximum absolute atomic E-state index is 13.2. The van der Waals surface area contributed by atoms with E-state index in [0.29, 0.717) is 0 Å². The van der Waals surface area contributed by atoms with Crippen LogP contribution < -0.4 is 0 Å². The van der Waals surface area contributed by atoms with Crippen LogP contribution in [-0.4, -0.2) is 28.1 Å². The summed E-state index contributed by atoms with van der Waals surface area (Å²) in [5, 5.41) is 8.87. The number of carboxylic acid groups (broad SMARTS) is 1. The number of carboxylic acids is 1. The number of hydrogen-bond donors (Lipinski definition) is 1. The van der Waals surface area contributed by atoms with E-state index in [4.69, 9.17) is 5.11 Å². The lowest BCUT2D eigenvalue weighted by atomic mass is 10.0. The van der Waals surface area contributed by atoms with Gasteiger partial charge in [-0.05, 0) is 38.5 Å². The Morgan fingerprint density at radius 1 is 1.24 bits per heavy atom. The summed E-state index contributed by atoms with van der Waals surface area (Å²) in [6, 6.07) is 2.70. The molecule has 0 aliphatic rings. The lowest BCUT2D eigenvalue weighted by Crippen LogP contribution is -2.43. The highest BCUT2D eigenvalue weighted by atomic mass is 19.4. The van der Waals surface area contributed by atoms with Gasteiger partial charge < -0.3 is 5.11 Å². The summed E-state index contributed by atoms with van der Waals surface area (Å²) in [6.45, 7) is 4.93. The molecule has 1 aromatic carbocycles. The normalized spacial score (nSPS) is 12.8. The highest BCUT2D eigenvalue weighted by Crippen LogP contribution is 2.32. The van der Waals surface area contributed by atoms with Crippen molar-refractivity contribution in [3.8, 4) is 0 Å². The summed E-state index contributed by atoms with van der Waals surface area (Å²) in [5.74, 6) is -2.42. The molecule has 118 valence electrons. The van der Waals surface area contributed by atoms with Crippen LogP contribution in [0.15, 0.2) is 18.2 Å². The van der Waals surface area contributed by atoms with Gasteiger partial charge in [0.05, 0.1) is 12.1 Å². The van der Waals surface area contributed by atoms with Crippen LogP contribution in [0.25, 0.3) is 0 Å². The first-order valence-electron chi connectivity index (χ1n) is 6.23. The molecular weight excluding hydrogens is 290 g/mol. The SMILES string of the molecule is CC(C)(C)N(CC(=O)O)Cc1ccc(F)c(C(F)(F)F)c1. The molecule has 21 heavy (non-hydrogen) atoms. The molecule has 0 atom stereocenters. The van der Waals surface area contributed by atoms with E-state index in [9.17, 15) is 22.4 Å². The monoisotopic (exact) mass is 307 g/mol. The first-order valence-corrected chi connectivity index (χ1v) is 6.23. The minimum absolute atomic E-state index is 0.0147. The molecule has 0 saturated carbocycles. The van der Waals surface area contributed by atoms with Crippen molar-refractivity contribution in [1.29, 1.82) is 0 Å². The number of aliphatic carboxylic acids is 1. The Hall–Kier alpha value is -1.63. The van der Waals surface area contributed by atoms with Crippen molar-refractivity contribution in [2.75, 3.05) is 6.54 Å². The second kappa shape index (κ2) is 6.01. The fourth-order valence-electron chi connectivity index (χ4n) is 1.80. The average molecular weight is 307 g/mol. The summed E-state index contributed by atoms with van der Waals surface area (Å²) in [4.78, 5) is 12.3. The standard InChI is InChI=1S/C14H17F4NO2/c1-13(2,3)19(8-12(20)21)7-9-4-5-11(15)10(6-9)14(16,17)18/h4-6H,7-8H2,1-3H3,(H,20,21). The largest absolute Gasteiger partial charge is 0.480 e. The van der Waals surface area contributed by atoms with Crippen LogP contribution in [0.5, 0.6) is 0 Å². The Labute approximate surface area is 120 Å². The van der Waals surface area contributed by atoms with Gasteiger partial charge in [-0.1, -0.05) is 6.07 Å². The zero-order valence-electron chi connectivity index (χ0n) is 12.0. The molecule has 0 saturated heterocycles. The predicted octanol–water partition coefficient (Wildman–Crippen LogP) is 3.53. The van der Waals surface area contributed by atoms with Gasteiger partial charge in [0, 0.05) is 12.1 Å². The van der Waals surface area contributed by atoms with Gasteiger partial charge in [-0.2, -0.15) is 13.2 Å². The van der Waals surface area contributed by atoms with Crippen molar-refractivity contribution in [2.45, 2.75) is 39.0 Å². The molecule has 0 aliphatic carbocycles. The van der Waals surface area contributed by atoms with Gasteiger partial charge in [0.2, 0.25) is 0 Å². The average Bonchev–Trinajstić information content (AvgIpc) is 2.27. The third-order valence-corrected chi connectivity index (χ3v) is 2.98. The topological polar surface area (TPSA) is 40.5 Å². The van der Waals surface area contributed by atoms with Crippen LogP contribution in [0, 0.1) is 5.82 Å². The summed E-state index contributed by atoms with van der Waals surface area (Å²) in [6.07, 6.45) is -4.78. The zero-order chi connectivity index (χ0) is 16.4. The van der Waals surface area contributed by atoms with E-state index < -0.39 is 29.1 Å². The van der Waals surface area contributed by atoms with Gasteiger partial charge in [-0.15, -0.1) is 0 Å². The summed E-state index contributed by atoms with van der Waals surface area (Å²) < 4.78 is 51.2. The van der Waals surface area contributed by atoms with Crippen LogP contribution in [0.4, 0.5) is 17.6 Å². The lowest BCUT2D eigenvalue weighted by Gasteiger charge is -2.34. The van der Waals surface area contributed by atoms with Crippen LogP contribution in [-0.2, 0) is 17.5 Å². The Balaban J connectivity index is 3.08. The van der Waals surface area contributed by atoms with Crippen molar-refractivity contribution >= 4 is 5.97 Å². The van der Waals surface area contributed by atoms with E-state index >= 15 is 0 Å². The Kier molecular flexibility index (Phi) is 4.99. The third-order valence-electron chi connectivity index (χ3n) is 2.98. The van der Waals surface area contributed by atoms with Gasteiger partial charge in [0.25, 0.3) is 0 Å². The van der Waals surface area contributed by atoms with Crippen molar-refractivity contribution in [1.82, 2.24) is 4.90 Å². The maximum Gasteiger partial charge on any atom is 0.419 e. The Morgan fingerprint density at radius 2 is 1.81 bits per heavy atom. The van der Waals surface area contributed by atoms with Crippen LogP contribution in [0.3, 0.4) is 0 Å². The molecule has 0 aliphatic heterocycles. The third kappa shape index (κ3) is 5.00. The van der Waals surface area contributed by atoms with Crippen LogP contribution in [0.2, 0.25) is 0 Å². The minimum Gasteiger partial charge on any atom is -0.480 e. The zero-order valence-corrected chi connectivity index (χ0v) is 12.0. The van der Waals surface area contributed by atoms with Crippen molar-refractivity contribution in [2.24, 2.45) is 0 Å². The molecule has 0 unspecified atom stereocenters. The number of carbonyl (C=O) groups is 1. The summed E-state index contributed by atoms with van der Waals surface area (Å²) >= 11 is 0. The Bertz CT molecular complexity index is 521. The molecule has 1 aromatic rings. The van der Waals surface area contributed by atoms with E-state index in [1.165, 1.54) is 11.0 Å². The van der Waals surface area contributed by atoms with Gasteiger partial charge >= 0.3 is 12.1 Å². The highest BCUT2D eigenvalue weighted by molar-refractivity contribution is 5.69. The molecule has 1 rings (SSSR count). The fourth-order valence-corrected chi connectivity index (χ4v) is 1.80. The molecule has 1 N–H and O–H groups in total. The second-order valence-electron chi connectivity index (χ2n) is 5.73. The van der Waals surface area contributed by atoms with E-state index in [1.54, 1.807) is 20.8 Å². The maximum atomic E-state index is 13.2. The molecule has 0 aromatic heterocycles. The van der Waals surface area contributed by atoms with Gasteiger partial charge in [-0.3, -0.25) is 9.69 Å². The number of benzene rings is 1. The molecule has 7 heteroatoms. The predicted molar refractivity (Wildman–Crippen MR) is 69.2 cm³/mol. The van der Waals surface area contributed by atoms with Gasteiger partial charge in [0.15, 0.2) is 0 Å². The van der Waals surface area contributed by atoms with E-state index in [-0.39, 0.29) is 18.7 Å². The molecule has 0 amide bonds. The molecule has 0 bridgehead atoms. The van der Waals surface area contributed by atoms with Gasteiger partial charge in [0.1, 0.15) is 5.82 Å². The molecule has 0 spiro atoms. The quantitative estimate of drug-likeness (QED) is 0.865. The molecule has 3 nitrogen and oxygen atoms in total. The highest BCUT2D eigenvalue weighted by Gasteiger charge is 2.34. The van der Waals surface area contributed by atoms with Crippen molar-refractivity contribution < 1.29 is 27.5 Å². The van der Waals surface area contributed by atoms with Crippen molar-refractivity contribution in [3.05, 3.63) is 35.1 Å². The number of hydrogen-bond acceptors (Lipinski definition) is 2. The smallest absolute Gasteiger partial charge is 0.419 e. The van der Waals surface area contributed by atoms with Crippen LogP contribution in [0.1, 0.15) is 31.9 Å². The summed E-state index contributed by atoms with van der Waals surface area (Å²) in [5.41, 5.74) is -1.69. The molecular formula is C14H17F4NO2. The van der Waals surface area contributed by atoms with Crippen molar-refractivity contribution in [3.63, 3.8) is 0 Å². The molecule has 0 radical (unpaired) electrons. The second-order valence-corrected chi connectivity index (χ2v) is 5.73. The number of rotatable bonds is 4.